The van der Waals surface area contributed by atoms with Crippen LogP contribution in [0.2, 0.25) is 0 Å². The van der Waals surface area contributed by atoms with Crippen LogP contribution in [-0.2, 0) is 6.42 Å². The number of carboxylic acid groups (broad SMARTS) is 1. The number of hydrogen-bond donors (Lipinski definition) is 1. The van der Waals surface area contributed by atoms with Crippen LogP contribution in [0, 0.1) is 24.0 Å². The van der Waals surface area contributed by atoms with Gasteiger partial charge < -0.3 is 9.84 Å². The molecule has 2 rings (SSSR count). The normalized spacial score (nSPS) is 10.4. The molecule has 0 amide bonds. The van der Waals surface area contributed by atoms with E-state index in [4.69, 9.17) is 4.74 Å². The zero-order chi connectivity index (χ0) is 17.1. The molecule has 1 N–H and O–H groups in total. The minimum Gasteiger partial charge on any atom is -0.496 e. The van der Waals surface area contributed by atoms with E-state index in [1.807, 2.05) is 19.9 Å². The highest BCUT2D eigenvalue weighted by molar-refractivity contribution is 5.90. The zero-order valence-electron chi connectivity index (χ0n) is 13.1. The predicted molar refractivity (Wildman–Crippen MR) is 85.3 cm³/mol. The quantitative estimate of drug-likeness (QED) is 0.673. The van der Waals surface area contributed by atoms with Crippen LogP contribution in [-0.4, -0.2) is 23.1 Å². The monoisotopic (exact) mass is 315 g/mol. The Kier molecular flexibility index (Phi) is 4.64. The van der Waals surface area contributed by atoms with Crippen LogP contribution in [0.25, 0.3) is 0 Å². The molecule has 2 aromatic carbocycles. The van der Waals surface area contributed by atoms with Gasteiger partial charge in [0.1, 0.15) is 5.75 Å². The number of methoxy groups -OCH3 is 1. The fourth-order valence-corrected chi connectivity index (χ4v) is 2.55. The van der Waals surface area contributed by atoms with Gasteiger partial charge in [0, 0.05) is 18.1 Å². The first-order chi connectivity index (χ1) is 10.8. The van der Waals surface area contributed by atoms with Crippen molar-refractivity contribution in [3.63, 3.8) is 0 Å². The molecule has 2 aromatic rings. The molecule has 0 fully saturated rings. The van der Waals surface area contributed by atoms with Crippen LogP contribution in [0.4, 0.5) is 5.69 Å². The topological polar surface area (TPSA) is 89.7 Å². The number of aryl methyl sites for hydroxylation is 1. The number of carboxylic acids is 1. The number of carbonyl (C=O) groups is 1. The molecule has 0 aromatic heterocycles. The van der Waals surface area contributed by atoms with Crippen molar-refractivity contribution in [2.75, 3.05) is 7.11 Å². The second kappa shape index (κ2) is 6.48. The average Bonchev–Trinajstić information content (AvgIpc) is 2.50. The first kappa shape index (κ1) is 16.5. The van der Waals surface area contributed by atoms with Gasteiger partial charge in [0.05, 0.1) is 17.6 Å². The van der Waals surface area contributed by atoms with Gasteiger partial charge in [0.15, 0.2) is 0 Å². The molecule has 120 valence electrons. The van der Waals surface area contributed by atoms with Crippen LogP contribution in [0.3, 0.4) is 0 Å². The van der Waals surface area contributed by atoms with E-state index in [9.17, 15) is 20.0 Å². The predicted octanol–water partition coefficient (Wildman–Crippen LogP) is 3.51. The molecule has 0 aliphatic heterocycles. The van der Waals surface area contributed by atoms with Gasteiger partial charge >= 0.3 is 5.97 Å². The summed E-state index contributed by atoms with van der Waals surface area (Å²) in [6.07, 6.45) is 0.149. The third kappa shape index (κ3) is 3.31. The van der Waals surface area contributed by atoms with Gasteiger partial charge in [-0.15, -0.1) is 0 Å². The standard InChI is InChI=1S/C17H17NO5/c1-10-7-12(9-16(23-3)11(10)2)8-14-13(17(19)20)5-4-6-15(14)18(21)22/h4-7,9H,8H2,1-3H3,(H,19,20). The highest BCUT2D eigenvalue weighted by atomic mass is 16.6. The van der Waals surface area contributed by atoms with Gasteiger partial charge in [-0.25, -0.2) is 4.79 Å². The van der Waals surface area contributed by atoms with Gasteiger partial charge in [-0.05, 0) is 42.7 Å². The molecule has 0 saturated heterocycles. The Morgan fingerprint density at radius 1 is 1.30 bits per heavy atom. The van der Waals surface area contributed by atoms with Crippen LogP contribution in [0.15, 0.2) is 30.3 Å². The molecule has 6 heteroatoms. The van der Waals surface area contributed by atoms with Crippen LogP contribution < -0.4 is 4.74 Å². The van der Waals surface area contributed by atoms with Crippen molar-refractivity contribution in [2.45, 2.75) is 20.3 Å². The van der Waals surface area contributed by atoms with Crippen molar-refractivity contribution in [2.24, 2.45) is 0 Å². The number of nitro benzene ring substituents is 1. The fraction of sp³-hybridized carbons (Fsp3) is 0.235. The summed E-state index contributed by atoms with van der Waals surface area (Å²) in [5, 5.41) is 20.5. The van der Waals surface area contributed by atoms with E-state index < -0.39 is 10.9 Å². The minimum absolute atomic E-state index is 0.0589. The van der Waals surface area contributed by atoms with Crippen molar-refractivity contribution in [3.8, 4) is 5.75 Å². The highest BCUT2D eigenvalue weighted by Crippen LogP contribution is 2.29. The smallest absolute Gasteiger partial charge is 0.336 e. The second-order valence-electron chi connectivity index (χ2n) is 5.28. The number of rotatable bonds is 5. The Bertz CT molecular complexity index is 751. The largest absolute Gasteiger partial charge is 0.496 e. The summed E-state index contributed by atoms with van der Waals surface area (Å²) in [5.74, 6) is -0.505. The van der Waals surface area contributed by atoms with Gasteiger partial charge in [-0.1, -0.05) is 12.1 Å². The third-order valence-corrected chi connectivity index (χ3v) is 3.86. The fourth-order valence-electron chi connectivity index (χ4n) is 2.55. The lowest BCUT2D eigenvalue weighted by atomic mass is 9.95. The Morgan fingerprint density at radius 2 is 2.00 bits per heavy atom. The molecule has 0 bridgehead atoms. The Balaban J connectivity index is 2.58. The highest BCUT2D eigenvalue weighted by Gasteiger charge is 2.21. The summed E-state index contributed by atoms with van der Waals surface area (Å²) in [7, 11) is 1.55. The number of nitrogens with zero attached hydrogens (tertiary/aromatic N) is 1. The van der Waals surface area contributed by atoms with Crippen LogP contribution in [0.1, 0.15) is 32.6 Å². The summed E-state index contributed by atoms with van der Waals surface area (Å²) in [5.41, 5.74) is 2.67. The number of nitro groups is 1. The summed E-state index contributed by atoms with van der Waals surface area (Å²) in [6.45, 7) is 3.84. The SMILES string of the molecule is COc1cc(Cc2c(C(=O)O)cccc2[N+](=O)[O-])cc(C)c1C. The van der Waals surface area contributed by atoms with E-state index in [0.29, 0.717) is 5.75 Å². The molecular weight excluding hydrogens is 298 g/mol. The van der Waals surface area contributed by atoms with E-state index in [0.717, 1.165) is 16.7 Å². The molecule has 0 saturated carbocycles. The Hall–Kier alpha value is -2.89. The van der Waals surface area contributed by atoms with Crippen LogP contribution >= 0.6 is 0 Å². The van der Waals surface area contributed by atoms with Crippen LogP contribution in [0.5, 0.6) is 5.75 Å². The first-order valence-corrected chi connectivity index (χ1v) is 6.98. The maximum atomic E-state index is 11.4. The average molecular weight is 315 g/mol. The molecule has 6 nitrogen and oxygen atoms in total. The lowest BCUT2D eigenvalue weighted by molar-refractivity contribution is -0.385. The summed E-state index contributed by atoms with van der Waals surface area (Å²) < 4.78 is 5.31. The molecule has 0 spiro atoms. The molecule has 0 unspecified atom stereocenters. The van der Waals surface area contributed by atoms with E-state index in [2.05, 4.69) is 0 Å². The number of aromatic carboxylic acids is 1. The minimum atomic E-state index is -1.18. The summed E-state index contributed by atoms with van der Waals surface area (Å²) >= 11 is 0. The van der Waals surface area contributed by atoms with E-state index in [1.165, 1.54) is 18.2 Å². The Labute approximate surface area is 133 Å². The lowest BCUT2D eigenvalue weighted by Gasteiger charge is -2.12. The van der Waals surface area contributed by atoms with E-state index in [-0.39, 0.29) is 23.2 Å². The number of ether oxygens (including phenoxy) is 1. The van der Waals surface area contributed by atoms with Gasteiger partial charge in [-0.3, -0.25) is 10.1 Å². The molecule has 0 heterocycles. The van der Waals surface area contributed by atoms with Crippen molar-refractivity contribution in [1.29, 1.82) is 0 Å². The van der Waals surface area contributed by atoms with Crippen molar-refractivity contribution in [1.82, 2.24) is 0 Å². The molecule has 0 aliphatic rings. The summed E-state index contributed by atoms with van der Waals surface area (Å²) in [4.78, 5) is 22.0. The molecule has 0 atom stereocenters. The first-order valence-electron chi connectivity index (χ1n) is 6.98. The lowest BCUT2D eigenvalue weighted by Crippen LogP contribution is -2.07. The van der Waals surface area contributed by atoms with Gasteiger partial charge in [0.25, 0.3) is 5.69 Å². The summed E-state index contributed by atoms with van der Waals surface area (Å²) in [6, 6.07) is 7.75. The molecular formula is C17H17NO5. The second-order valence-corrected chi connectivity index (χ2v) is 5.28. The van der Waals surface area contributed by atoms with Gasteiger partial charge in [-0.2, -0.15) is 0 Å². The maximum absolute atomic E-state index is 11.4. The van der Waals surface area contributed by atoms with Crippen molar-refractivity contribution in [3.05, 3.63) is 68.3 Å². The molecule has 23 heavy (non-hydrogen) atoms. The van der Waals surface area contributed by atoms with Crippen molar-refractivity contribution >= 4 is 11.7 Å². The molecule has 0 radical (unpaired) electrons. The zero-order valence-corrected chi connectivity index (χ0v) is 13.1. The number of benzene rings is 2. The Morgan fingerprint density at radius 3 is 2.57 bits per heavy atom. The van der Waals surface area contributed by atoms with E-state index in [1.54, 1.807) is 13.2 Å². The van der Waals surface area contributed by atoms with E-state index >= 15 is 0 Å². The van der Waals surface area contributed by atoms with Crippen molar-refractivity contribution < 1.29 is 19.6 Å². The number of hydrogen-bond acceptors (Lipinski definition) is 4. The maximum Gasteiger partial charge on any atom is 0.336 e. The third-order valence-electron chi connectivity index (χ3n) is 3.86. The van der Waals surface area contributed by atoms with Gasteiger partial charge in [0.2, 0.25) is 0 Å². The molecule has 0 aliphatic carbocycles.